The van der Waals surface area contributed by atoms with Crippen LogP contribution in [0.15, 0.2) is 122 Å². The van der Waals surface area contributed by atoms with Crippen LogP contribution in [0.5, 0.6) is 0 Å². The molecular formula is C47H70O6. The Balaban J connectivity index is 4.61. The molecule has 0 aliphatic heterocycles. The Morgan fingerprint density at radius 3 is 1.25 bits per heavy atom. The number of allylic oxidation sites excluding steroid dienone is 18. The lowest BCUT2D eigenvalue weighted by atomic mass is 10.2. The molecule has 0 aliphatic carbocycles. The van der Waals surface area contributed by atoms with Gasteiger partial charge in [-0.15, -0.1) is 0 Å². The molecule has 0 saturated heterocycles. The number of carbonyl (C=O) groups excluding carboxylic acids is 3. The van der Waals surface area contributed by atoms with Crippen molar-refractivity contribution in [2.75, 3.05) is 13.2 Å². The molecule has 0 heterocycles. The van der Waals surface area contributed by atoms with Crippen LogP contribution in [0.3, 0.4) is 0 Å². The average Bonchev–Trinajstić information content (AvgIpc) is 3.15. The molecule has 0 aromatic rings. The molecule has 0 aliphatic rings. The Bertz CT molecular complexity index is 1210. The third-order valence-corrected chi connectivity index (χ3v) is 7.50. The van der Waals surface area contributed by atoms with E-state index < -0.39 is 18.0 Å². The van der Waals surface area contributed by atoms with Crippen LogP contribution in [0, 0.1) is 0 Å². The summed E-state index contributed by atoms with van der Waals surface area (Å²) in [5.41, 5.74) is 0. The van der Waals surface area contributed by atoms with E-state index in [-0.39, 0.29) is 38.4 Å². The van der Waals surface area contributed by atoms with Crippen LogP contribution in [-0.2, 0) is 28.6 Å². The quantitative estimate of drug-likeness (QED) is 0.0289. The average molecular weight is 731 g/mol. The van der Waals surface area contributed by atoms with Gasteiger partial charge in [0.15, 0.2) is 6.10 Å². The fourth-order valence-corrected chi connectivity index (χ4v) is 4.55. The summed E-state index contributed by atoms with van der Waals surface area (Å²) in [6, 6.07) is 0. The zero-order valence-electron chi connectivity index (χ0n) is 33.2. The molecule has 53 heavy (non-hydrogen) atoms. The molecule has 0 saturated carbocycles. The van der Waals surface area contributed by atoms with Crippen molar-refractivity contribution < 1.29 is 28.6 Å². The van der Waals surface area contributed by atoms with Crippen LogP contribution in [-0.4, -0.2) is 37.2 Å². The molecule has 1 atom stereocenters. The van der Waals surface area contributed by atoms with Gasteiger partial charge < -0.3 is 14.2 Å². The molecule has 1 unspecified atom stereocenters. The van der Waals surface area contributed by atoms with Crippen LogP contribution < -0.4 is 0 Å². The molecule has 0 spiro atoms. The van der Waals surface area contributed by atoms with E-state index in [2.05, 4.69) is 106 Å². The van der Waals surface area contributed by atoms with Gasteiger partial charge in [0.1, 0.15) is 13.2 Å². The molecule has 0 fully saturated rings. The predicted octanol–water partition coefficient (Wildman–Crippen LogP) is 12.6. The fourth-order valence-electron chi connectivity index (χ4n) is 4.55. The zero-order valence-corrected chi connectivity index (χ0v) is 33.2. The van der Waals surface area contributed by atoms with Crippen LogP contribution in [0.2, 0.25) is 0 Å². The van der Waals surface area contributed by atoms with E-state index in [4.69, 9.17) is 14.2 Å². The molecule has 0 aromatic heterocycles. The van der Waals surface area contributed by atoms with Gasteiger partial charge in [0.05, 0.1) is 12.8 Å². The number of unbranched alkanes of at least 4 members (excludes halogenated alkanes) is 4. The van der Waals surface area contributed by atoms with E-state index >= 15 is 0 Å². The minimum Gasteiger partial charge on any atom is -0.462 e. The smallest absolute Gasteiger partial charge is 0.310 e. The Morgan fingerprint density at radius 2 is 0.792 bits per heavy atom. The van der Waals surface area contributed by atoms with E-state index in [0.717, 1.165) is 57.8 Å². The number of esters is 3. The molecule has 0 aromatic carbocycles. The van der Waals surface area contributed by atoms with E-state index in [1.165, 1.54) is 25.7 Å². The molecule has 0 rings (SSSR count). The topological polar surface area (TPSA) is 78.9 Å². The van der Waals surface area contributed by atoms with Gasteiger partial charge in [-0.1, -0.05) is 155 Å². The SMILES string of the molecule is CC/C=C\C/C=C\C/C=C\CC(=O)OCC(COC(=O)CCC/C=C\C/C=C\C/C=C\C/C=C\CCCCC)OC(=O)C/C=C\C/C=C\C/C=C\CC. The lowest BCUT2D eigenvalue weighted by molar-refractivity contribution is -0.166. The highest BCUT2D eigenvalue weighted by Crippen LogP contribution is 2.06. The maximum Gasteiger partial charge on any atom is 0.310 e. The summed E-state index contributed by atoms with van der Waals surface area (Å²) in [7, 11) is 0. The second kappa shape index (κ2) is 40.6. The van der Waals surface area contributed by atoms with Crippen molar-refractivity contribution in [2.45, 2.75) is 142 Å². The first-order valence-electron chi connectivity index (χ1n) is 20.0. The van der Waals surface area contributed by atoms with Gasteiger partial charge in [0.25, 0.3) is 0 Å². The van der Waals surface area contributed by atoms with E-state index in [9.17, 15) is 14.4 Å². The van der Waals surface area contributed by atoms with Crippen molar-refractivity contribution in [1.82, 2.24) is 0 Å². The van der Waals surface area contributed by atoms with Crippen molar-refractivity contribution in [3.05, 3.63) is 122 Å². The maximum absolute atomic E-state index is 12.5. The highest BCUT2D eigenvalue weighted by molar-refractivity contribution is 5.72. The van der Waals surface area contributed by atoms with E-state index in [1.807, 2.05) is 24.3 Å². The largest absolute Gasteiger partial charge is 0.462 e. The molecule has 0 N–H and O–H groups in total. The summed E-state index contributed by atoms with van der Waals surface area (Å²) >= 11 is 0. The van der Waals surface area contributed by atoms with Gasteiger partial charge in [0, 0.05) is 6.42 Å². The standard InChI is InChI=1S/C47H70O6/c1-4-7-10-13-16-19-20-21-22-23-24-25-26-29-31-34-37-40-46(49)52-43-44(53-47(50)41-38-35-32-28-18-15-12-9-6-3)42-51-45(48)39-36-33-30-27-17-14-11-8-5-2/h8-9,11-12,16-19,21-22,24-25,27-29,31,33,35-36,38,44H,4-7,10,13-15,20,23,26,30,32,34,37,39-43H2,1-3H3/b11-8-,12-9-,19-16-,22-21-,25-24-,27-17-,28-18-,31-29-,36-33-,38-35-. The lowest BCUT2D eigenvalue weighted by Crippen LogP contribution is -2.30. The summed E-state index contributed by atoms with van der Waals surface area (Å²) in [5.74, 6) is -1.30. The minimum atomic E-state index is -0.884. The molecule has 6 nitrogen and oxygen atoms in total. The first-order chi connectivity index (χ1) is 26.0. The summed E-state index contributed by atoms with van der Waals surface area (Å²) < 4.78 is 16.3. The van der Waals surface area contributed by atoms with E-state index in [1.54, 1.807) is 12.2 Å². The van der Waals surface area contributed by atoms with Gasteiger partial charge >= 0.3 is 17.9 Å². The van der Waals surface area contributed by atoms with Gasteiger partial charge in [-0.3, -0.25) is 14.4 Å². The lowest BCUT2D eigenvalue weighted by Gasteiger charge is -2.17. The Kier molecular flexibility index (Phi) is 37.4. The summed E-state index contributed by atoms with van der Waals surface area (Å²) in [4.78, 5) is 37.3. The normalized spacial score (nSPS) is 13.3. The number of ether oxygens (including phenoxy) is 3. The van der Waals surface area contributed by atoms with Crippen molar-refractivity contribution in [2.24, 2.45) is 0 Å². The summed E-state index contributed by atoms with van der Waals surface area (Å²) in [6.07, 6.45) is 55.5. The first-order valence-corrected chi connectivity index (χ1v) is 20.0. The minimum absolute atomic E-state index is 0.0710. The fraction of sp³-hybridized carbons (Fsp3) is 0.511. The molecule has 0 amide bonds. The van der Waals surface area contributed by atoms with Gasteiger partial charge in [-0.2, -0.15) is 0 Å². The van der Waals surface area contributed by atoms with E-state index in [0.29, 0.717) is 12.8 Å². The first kappa shape index (κ1) is 48.8. The third kappa shape index (κ3) is 38.9. The number of hydrogen-bond acceptors (Lipinski definition) is 6. The number of hydrogen-bond donors (Lipinski definition) is 0. The molecule has 0 radical (unpaired) electrons. The van der Waals surface area contributed by atoms with Gasteiger partial charge in [0.2, 0.25) is 0 Å². The summed E-state index contributed by atoms with van der Waals surface area (Å²) in [6.45, 7) is 6.07. The highest BCUT2D eigenvalue weighted by atomic mass is 16.6. The Morgan fingerprint density at radius 1 is 0.415 bits per heavy atom. The monoisotopic (exact) mass is 731 g/mol. The molecular weight excluding hydrogens is 661 g/mol. The second-order valence-corrected chi connectivity index (χ2v) is 12.5. The summed E-state index contributed by atoms with van der Waals surface area (Å²) in [5, 5.41) is 0. The molecule has 0 bridgehead atoms. The van der Waals surface area contributed by atoms with Crippen LogP contribution >= 0.6 is 0 Å². The van der Waals surface area contributed by atoms with Crippen molar-refractivity contribution in [3.8, 4) is 0 Å². The van der Waals surface area contributed by atoms with Crippen molar-refractivity contribution in [3.63, 3.8) is 0 Å². The van der Waals surface area contributed by atoms with Gasteiger partial charge in [-0.25, -0.2) is 0 Å². The molecule has 294 valence electrons. The Labute approximate surface area is 322 Å². The maximum atomic E-state index is 12.5. The van der Waals surface area contributed by atoms with Crippen molar-refractivity contribution in [1.29, 1.82) is 0 Å². The number of rotatable bonds is 33. The second-order valence-electron chi connectivity index (χ2n) is 12.5. The predicted molar refractivity (Wildman–Crippen MR) is 223 cm³/mol. The Hall–Kier alpha value is -4.19. The number of carbonyl (C=O) groups is 3. The van der Waals surface area contributed by atoms with Crippen LogP contribution in [0.1, 0.15) is 136 Å². The molecule has 6 heteroatoms. The third-order valence-electron chi connectivity index (χ3n) is 7.50. The van der Waals surface area contributed by atoms with Crippen LogP contribution in [0.4, 0.5) is 0 Å². The van der Waals surface area contributed by atoms with Gasteiger partial charge in [-0.05, 0) is 83.5 Å². The van der Waals surface area contributed by atoms with Crippen LogP contribution in [0.25, 0.3) is 0 Å². The highest BCUT2D eigenvalue weighted by Gasteiger charge is 2.18. The zero-order chi connectivity index (χ0) is 38.7. The van der Waals surface area contributed by atoms with Crippen molar-refractivity contribution >= 4 is 17.9 Å².